The van der Waals surface area contributed by atoms with Crippen LogP contribution in [0.5, 0.6) is 0 Å². The molecule has 2 aromatic carbocycles. The van der Waals surface area contributed by atoms with Crippen molar-refractivity contribution in [2.24, 2.45) is 0 Å². The molecule has 0 fully saturated rings. The molecule has 1 amide bonds. The number of carbonyl (C=O) groups excluding carboxylic acids is 1. The molecule has 26 heavy (non-hydrogen) atoms. The smallest absolute Gasteiger partial charge is 0.269 e. The number of aromatic nitrogens is 1. The second kappa shape index (κ2) is 8.76. The van der Waals surface area contributed by atoms with Crippen LogP contribution in [0.1, 0.15) is 22.5 Å². The van der Waals surface area contributed by atoms with Gasteiger partial charge in [0.2, 0.25) is 0 Å². The number of nitrogens with zero attached hydrogens (tertiary/aromatic N) is 1. The van der Waals surface area contributed by atoms with Crippen LogP contribution in [-0.4, -0.2) is 17.4 Å². The highest BCUT2D eigenvalue weighted by atomic mass is 19.1. The molecule has 3 rings (SSSR count). The first-order valence-electron chi connectivity index (χ1n) is 8.51. The molecule has 1 aromatic heterocycles. The highest BCUT2D eigenvalue weighted by Gasteiger charge is 2.06. The highest BCUT2D eigenvalue weighted by Crippen LogP contribution is 2.16. The summed E-state index contributed by atoms with van der Waals surface area (Å²) in [4.78, 5) is 16.3. The van der Waals surface area contributed by atoms with Crippen LogP contribution in [0, 0.1) is 5.82 Å². The Morgan fingerprint density at radius 3 is 2.54 bits per heavy atom. The minimum absolute atomic E-state index is 0.199. The Kier molecular flexibility index (Phi) is 5.93. The lowest BCUT2D eigenvalue weighted by molar-refractivity contribution is 0.0948. The zero-order valence-electron chi connectivity index (χ0n) is 14.3. The Morgan fingerprint density at radius 1 is 0.962 bits per heavy atom. The second-order valence-electron chi connectivity index (χ2n) is 5.91. The Hall–Kier alpha value is -3.21. The molecule has 0 bridgehead atoms. The van der Waals surface area contributed by atoms with Gasteiger partial charge in [-0.2, -0.15) is 0 Å². The maximum absolute atomic E-state index is 13.2. The quantitative estimate of drug-likeness (QED) is 0.624. The fourth-order valence-electron chi connectivity index (χ4n) is 2.56. The molecule has 0 spiro atoms. The van der Waals surface area contributed by atoms with E-state index >= 15 is 0 Å². The number of halogens is 1. The first-order valence-corrected chi connectivity index (χ1v) is 8.51. The number of nitrogens with one attached hydrogen (secondary N) is 2. The summed E-state index contributed by atoms with van der Waals surface area (Å²) in [5, 5.41) is 5.92. The number of carbonyl (C=O) groups is 1. The summed E-state index contributed by atoms with van der Waals surface area (Å²) in [6.07, 6.45) is 3.35. The van der Waals surface area contributed by atoms with Crippen LogP contribution >= 0.6 is 0 Å². The zero-order chi connectivity index (χ0) is 18.2. The summed E-state index contributed by atoms with van der Waals surface area (Å²) in [7, 11) is 0. The largest absolute Gasteiger partial charge is 0.354 e. The van der Waals surface area contributed by atoms with Gasteiger partial charge in [0.25, 0.3) is 5.91 Å². The molecule has 0 unspecified atom stereocenters. The summed E-state index contributed by atoms with van der Waals surface area (Å²) in [6.45, 7) is 0.596. The van der Waals surface area contributed by atoms with E-state index < -0.39 is 0 Å². The van der Waals surface area contributed by atoms with Crippen molar-refractivity contribution in [3.05, 3.63) is 90.0 Å². The molecule has 0 aliphatic heterocycles. The molecule has 0 atom stereocenters. The van der Waals surface area contributed by atoms with Gasteiger partial charge in [0.1, 0.15) is 11.5 Å². The SMILES string of the molecule is O=C(NCCCc1ccccc1)c1ccc(Nc2cccc(F)c2)cn1. The lowest BCUT2D eigenvalue weighted by Gasteiger charge is -2.08. The fourth-order valence-corrected chi connectivity index (χ4v) is 2.56. The average molecular weight is 349 g/mol. The van der Waals surface area contributed by atoms with Crippen molar-refractivity contribution in [3.63, 3.8) is 0 Å². The summed E-state index contributed by atoms with van der Waals surface area (Å²) in [5.41, 5.74) is 2.93. The molecule has 2 N–H and O–H groups in total. The number of hydrogen-bond donors (Lipinski definition) is 2. The van der Waals surface area contributed by atoms with Crippen molar-refractivity contribution in [2.75, 3.05) is 11.9 Å². The third-order valence-electron chi connectivity index (χ3n) is 3.88. The lowest BCUT2D eigenvalue weighted by Crippen LogP contribution is -2.25. The number of benzene rings is 2. The number of anilines is 2. The van der Waals surface area contributed by atoms with Gasteiger partial charge in [0, 0.05) is 12.2 Å². The van der Waals surface area contributed by atoms with E-state index in [0.717, 1.165) is 12.8 Å². The van der Waals surface area contributed by atoms with E-state index in [2.05, 4.69) is 27.8 Å². The molecule has 3 aromatic rings. The van der Waals surface area contributed by atoms with Crippen LogP contribution in [-0.2, 0) is 6.42 Å². The van der Waals surface area contributed by atoms with E-state index in [0.29, 0.717) is 23.6 Å². The highest BCUT2D eigenvalue weighted by molar-refractivity contribution is 5.92. The van der Waals surface area contributed by atoms with Crippen molar-refractivity contribution in [1.29, 1.82) is 0 Å². The van der Waals surface area contributed by atoms with Crippen LogP contribution in [0.25, 0.3) is 0 Å². The lowest BCUT2D eigenvalue weighted by atomic mass is 10.1. The Balaban J connectivity index is 1.47. The van der Waals surface area contributed by atoms with E-state index in [9.17, 15) is 9.18 Å². The summed E-state index contributed by atoms with van der Waals surface area (Å²) in [6, 6.07) is 19.7. The van der Waals surface area contributed by atoms with E-state index in [1.807, 2.05) is 18.2 Å². The summed E-state index contributed by atoms with van der Waals surface area (Å²) < 4.78 is 13.2. The molecule has 1 heterocycles. The summed E-state index contributed by atoms with van der Waals surface area (Å²) >= 11 is 0. The molecule has 0 saturated heterocycles. The standard InChI is InChI=1S/C21H20FN3O/c22-17-9-4-10-18(14-17)25-19-11-12-20(24-15-19)21(26)23-13-5-8-16-6-2-1-3-7-16/h1-4,6-7,9-12,14-15,25H,5,8,13H2,(H,23,26). The van der Waals surface area contributed by atoms with Gasteiger partial charge in [-0.3, -0.25) is 4.79 Å². The minimum Gasteiger partial charge on any atom is -0.354 e. The molecule has 132 valence electrons. The Morgan fingerprint density at radius 2 is 1.81 bits per heavy atom. The Bertz CT molecular complexity index is 851. The van der Waals surface area contributed by atoms with Crippen molar-refractivity contribution in [2.45, 2.75) is 12.8 Å². The summed E-state index contributed by atoms with van der Waals surface area (Å²) in [5.74, 6) is -0.509. The number of rotatable bonds is 7. The maximum atomic E-state index is 13.2. The number of hydrogen-bond acceptors (Lipinski definition) is 3. The van der Waals surface area contributed by atoms with Gasteiger partial charge >= 0.3 is 0 Å². The third kappa shape index (κ3) is 5.14. The van der Waals surface area contributed by atoms with E-state index in [1.165, 1.54) is 17.7 Å². The van der Waals surface area contributed by atoms with Gasteiger partial charge in [0.05, 0.1) is 11.9 Å². The van der Waals surface area contributed by atoms with E-state index in [4.69, 9.17) is 0 Å². The molecular formula is C21H20FN3O. The van der Waals surface area contributed by atoms with Crippen LogP contribution < -0.4 is 10.6 Å². The van der Waals surface area contributed by atoms with Crippen molar-refractivity contribution in [3.8, 4) is 0 Å². The fraction of sp³-hybridized carbons (Fsp3) is 0.143. The Labute approximate surface area is 152 Å². The molecular weight excluding hydrogens is 329 g/mol. The van der Waals surface area contributed by atoms with E-state index in [-0.39, 0.29) is 11.7 Å². The van der Waals surface area contributed by atoms with E-state index in [1.54, 1.807) is 30.5 Å². The van der Waals surface area contributed by atoms with Crippen LogP contribution in [0.15, 0.2) is 72.9 Å². The molecule has 0 saturated carbocycles. The molecule has 0 radical (unpaired) electrons. The monoisotopic (exact) mass is 349 g/mol. The van der Waals surface area contributed by atoms with Gasteiger partial charge in [0.15, 0.2) is 0 Å². The molecule has 0 aliphatic rings. The minimum atomic E-state index is -0.311. The number of amides is 1. The van der Waals surface area contributed by atoms with Gasteiger partial charge in [-0.25, -0.2) is 9.37 Å². The van der Waals surface area contributed by atoms with Crippen molar-refractivity contribution >= 4 is 17.3 Å². The average Bonchev–Trinajstić information content (AvgIpc) is 2.66. The second-order valence-corrected chi connectivity index (χ2v) is 5.91. The predicted molar refractivity (Wildman–Crippen MR) is 101 cm³/mol. The van der Waals surface area contributed by atoms with Crippen LogP contribution in [0.2, 0.25) is 0 Å². The first-order chi connectivity index (χ1) is 12.7. The van der Waals surface area contributed by atoms with Crippen LogP contribution in [0.3, 0.4) is 0 Å². The first kappa shape index (κ1) is 17.6. The number of pyridine rings is 1. The normalized spacial score (nSPS) is 10.3. The van der Waals surface area contributed by atoms with Crippen LogP contribution in [0.4, 0.5) is 15.8 Å². The van der Waals surface area contributed by atoms with Crippen molar-refractivity contribution in [1.82, 2.24) is 10.3 Å². The molecule has 5 heteroatoms. The number of aryl methyl sites for hydroxylation is 1. The third-order valence-corrected chi connectivity index (χ3v) is 3.88. The maximum Gasteiger partial charge on any atom is 0.269 e. The van der Waals surface area contributed by atoms with Gasteiger partial charge in [-0.15, -0.1) is 0 Å². The van der Waals surface area contributed by atoms with Gasteiger partial charge in [-0.05, 0) is 48.7 Å². The molecule has 4 nitrogen and oxygen atoms in total. The van der Waals surface area contributed by atoms with Gasteiger partial charge < -0.3 is 10.6 Å². The van der Waals surface area contributed by atoms with Crippen molar-refractivity contribution < 1.29 is 9.18 Å². The zero-order valence-corrected chi connectivity index (χ0v) is 14.3. The van der Waals surface area contributed by atoms with Gasteiger partial charge in [-0.1, -0.05) is 36.4 Å². The topological polar surface area (TPSA) is 54.0 Å². The molecule has 0 aliphatic carbocycles. The predicted octanol–water partition coefficient (Wildman–Crippen LogP) is 4.33.